The van der Waals surface area contributed by atoms with Crippen molar-refractivity contribution in [3.05, 3.63) is 50.1 Å². The molecule has 0 amide bonds. The highest BCUT2D eigenvalue weighted by Crippen LogP contribution is 2.36. The third kappa shape index (κ3) is 3.98. The van der Waals surface area contributed by atoms with E-state index in [9.17, 15) is 0 Å². The summed E-state index contributed by atoms with van der Waals surface area (Å²) in [5, 5.41) is -0.127. The van der Waals surface area contributed by atoms with Crippen molar-refractivity contribution in [2.75, 3.05) is 20.3 Å². The number of benzene rings is 1. The van der Waals surface area contributed by atoms with E-state index in [0.717, 1.165) is 20.7 Å². The van der Waals surface area contributed by atoms with Crippen LogP contribution in [0.15, 0.2) is 34.8 Å². The van der Waals surface area contributed by atoms with Gasteiger partial charge in [-0.3, -0.25) is 0 Å². The first kappa shape index (κ1) is 15.8. The van der Waals surface area contributed by atoms with Crippen molar-refractivity contribution < 1.29 is 9.47 Å². The number of ether oxygens (including phenoxy) is 2. The molecule has 0 aliphatic carbocycles. The van der Waals surface area contributed by atoms with Crippen molar-refractivity contribution in [1.82, 2.24) is 0 Å². The molecular formula is C15H16BrClO2S. The molecule has 0 aliphatic heterocycles. The van der Waals surface area contributed by atoms with E-state index in [2.05, 4.69) is 35.0 Å². The summed E-state index contributed by atoms with van der Waals surface area (Å²) in [6.07, 6.45) is 0. The molecule has 0 spiro atoms. The Hall–Kier alpha value is -0.550. The lowest BCUT2D eigenvalue weighted by Crippen LogP contribution is -2.04. The fourth-order valence-electron chi connectivity index (χ4n) is 1.78. The van der Waals surface area contributed by atoms with Gasteiger partial charge in [-0.2, -0.15) is 0 Å². The van der Waals surface area contributed by atoms with Gasteiger partial charge in [-0.25, -0.2) is 0 Å². The van der Waals surface area contributed by atoms with Crippen LogP contribution in [0.25, 0.3) is 0 Å². The molecule has 1 unspecified atom stereocenters. The van der Waals surface area contributed by atoms with Crippen LogP contribution in [0.1, 0.15) is 20.7 Å². The number of hydrogen-bond acceptors (Lipinski definition) is 3. The molecule has 0 aliphatic rings. The predicted octanol–water partition coefficient (Wildman–Crippen LogP) is 5.17. The van der Waals surface area contributed by atoms with Gasteiger partial charge in [0, 0.05) is 16.9 Å². The van der Waals surface area contributed by atoms with E-state index in [4.69, 9.17) is 21.1 Å². The Bertz CT molecular complexity index is 571. The van der Waals surface area contributed by atoms with Gasteiger partial charge in [-0.15, -0.1) is 22.9 Å². The second-order valence-electron chi connectivity index (χ2n) is 4.34. The molecule has 20 heavy (non-hydrogen) atoms. The standard InChI is InChI=1S/C15H16BrClO2S/c1-10-3-6-14(20-10)15(17)11-4-5-13(12(16)9-11)19-8-7-18-2/h3-6,9,15H,7-8H2,1-2H3. The number of methoxy groups -OCH3 is 1. The van der Waals surface area contributed by atoms with Crippen LogP contribution >= 0.6 is 38.9 Å². The molecule has 0 N–H and O–H groups in total. The fourth-order valence-corrected chi connectivity index (χ4v) is 3.52. The van der Waals surface area contributed by atoms with Gasteiger partial charge in [0.15, 0.2) is 0 Å². The van der Waals surface area contributed by atoms with Crippen LogP contribution in [-0.4, -0.2) is 20.3 Å². The van der Waals surface area contributed by atoms with Crippen molar-refractivity contribution >= 4 is 38.9 Å². The van der Waals surface area contributed by atoms with Crippen LogP contribution in [-0.2, 0) is 4.74 Å². The van der Waals surface area contributed by atoms with E-state index in [1.165, 1.54) is 4.88 Å². The highest BCUT2D eigenvalue weighted by Gasteiger charge is 2.14. The van der Waals surface area contributed by atoms with E-state index in [1.807, 2.05) is 18.2 Å². The van der Waals surface area contributed by atoms with E-state index >= 15 is 0 Å². The highest BCUT2D eigenvalue weighted by atomic mass is 79.9. The first-order chi connectivity index (χ1) is 9.61. The molecule has 1 aromatic heterocycles. The van der Waals surface area contributed by atoms with E-state index in [0.29, 0.717) is 13.2 Å². The van der Waals surface area contributed by atoms with Gasteiger partial charge in [0.1, 0.15) is 12.4 Å². The average molecular weight is 376 g/mol. The molecule has 0 bridgehead atoms. The summed E-state index contributed by atoms with van der Waals surface area (Å²) in [6.45, 7) is 3.18. The molecular weight excluding hydrogens is 360 g/mol. The molecule has 1 aromatic carbocycles. The van der Waals surface area contributed by atoms with Crippen molar-refractivity contribution in [1.29, 1.82) is 0 Å². The van der Waals surface area contributed by atoms with E-state index in [1.54, 1.807) is 18.4 Å². The molecule has 2 rings (SSSR count). The SMILES string of the molecule is COCCOc1ccc(C(Cl)c2ccc(C)s2)cc1Br. The lowest BCUT2D eigenvalue weighted by molar-refractivity contribution is 0.146. The summed E-state index contributed by atoms with van der Waals surface area (Å²) >= 11 is 11.8. The van der Waals surface area contributed by atoms with Crippen LogP contribution in [0.3, 0.4) is 0 Å². The molecule has 5 heteroatoms. The summed E-state index contributed by atoms with van der Waals surface area (Å²) in [5.41, 5.74) is 1.06. The van der Waals surface area contributed by atoms with Crippen LogP contribution in [0.4, 0.5) is 0 Å². The zero-order chi connectivity index (χ0) is 14.5. The second-order valence-corrected chi connectivity index (χ2v) is 6.95. The third-order valence-electron chi connectivity index (χ3n) is 2.80. The maximum atomic E-state index is 6.52. The highest BCUT2D eigenvalue weighted by molar-refractivity contribution is 9.10. The number of rotatable bonds is 6. The monoisotopic (exact) mass is 374 g/mol. The lowest BCUT2D eigenvalue weighted by atomic mass is 10.1. The molecule has 108 valence electrons. The first-order valence-electron chi connectivity index (χ1n) is 6.23. The lowest BCUT2D eigenvalue weighted by Gasteiger charge is -2.12. The van der Waals surface area contributed by atoms with Crippen LogP contribution in [0.2, 0.25) is 0 Å². The van der Waals surface area contributed by atoms with Gasteiger partial charge in [-0.05, 0) is 52.7 Å². The molecule has 0 saturated carbocycles. The first-order valence-corrected chi connectivity index (χ1v) is 8.28. The quantitative estimate of drug-likeness (QED) is 0.512. The summed E-state index contributed by atoms with van der Waals surface area (Å²) in [5.74, 6) is 0.803. The largest absolute Gasteiger partial charge is 0.490 e. The predicted molar refractivity (Wildman–Crippen MR) is 88.3 cm³/mol. The number of thiophene rings is 1. The maximum absolute atomic E-state index is 6.52. The van der Waals surface area contributed by atoms with Gasteiger partial charge >= 0.3 is 0 Å². The van der Waals surface area contributed by atoms with Crippen LogP contribution in [0, 0.1) is 6.92 Å². The topological polar surface area (TPSA) is 18.5 Å². The second kappa shape index (κ2) is 7.46. The average Bonchev–Trinajstić information content (AvgIpc) is 2.86. The van der Waals surface area contributed by atoms with Gasteiger partial charge in [0.05, 0.1) is 16.5 Å². The molecule has 0 radical (unpaired) electrons. The molecule has 2 aromatic rings. The van der Waals surface area contributed by atoms with Gasteiger partial charge in [-0.1, -0.05) is 6.07 Å². The summed E-state index contributed by atoms with van der Waals surface area (Å²) in [4.78, 5) is 2.42. The van der Waals surface area contributed by atoms with Crippen molar-refractivity contribution in [3.63, 3.8) is 0 Å². The fraction of sp³-hybridized carbons (Fsp3) is 0.333. The minimum Gasteiger partial charge on any atom is -0.490 e. The summed E-state index contributed by atoms with van der Waals surface area (Å²) < 4.78 is 11.5. The van der Waals surface area contributed by atoms with Gasteiger partial charge in [0.2, 0.25) is 0 Å². The van der Waals surface area contributed by atoms with Gasteiger partial charge in [0.25, 0.3) is 0 Å². The Morgan fingerprint density at radius 1 is 1.25 bits per heavy atom. The Balaban J connectivity index is 2.12. The Labute approximate surface area is 136 Å². The smallest absolute Gasteiger partial charge is 0.133 e. The van der Waals surface area contributed by atoms with E-state index in [-0.39, 0.29) is 5.38 Å². The minimum atomic E-state index is -0.127. The number of alkyl halides is 1. The molecule has 1 atom stereocenters. The molecule has 2 nitrogen and oxygen atoms in total. The Kier molecular flexibility index (Phi) is 5.90. The van der Waals surface area contributed by atoms with Crippen LogP contribution in [0.5, 0.6) is 5.75 Å². The minimum absolute atomic E-state index is 0.127. The summed E-state index contributed by atoms with van der Waals surface area (Å²) in [7, 11) is 1.66. The third-order valence-corrected chi connectivity index (χ3v) is 5.11. The van der Waals surface area contributed by atoms with E-state index < -0.39 is 0 Å². The van der Waals surface area contributed by atoms with Crippen molar-refractivity contribution in [2.24, 2.45) is 0 Å². The molecule has 1 heterocycles. The molecule has 0 saturated heterocycles. The zero-order valence-electron chi connectivity index (χ0n) is 11.4. The summed E-state index contributed by atoms with van der Waals surface area (Å²) in [6, 6.07) is 10.1. The van der Waals surface area contributed by atoms with Crippen molar-refractivity contribution in [3.8, 4) is 5.75 Å². The van der Waals surface area contributed by atoms with Crippen LogP contribution < -0.4 is 4.74 Å². The van der Waals surface area contributed by atoms with Gasteiger partial charge < -0.3 is 9.47 Å². The number of aryl methyl sites for hydroxylation is 1. The molecule has 0 fully saturated rings. The van der Waals surface area contributed by atoms with Crippen molar-refractivity contribution in [2.45, 2.75) is 12.3 Å². The maximum Gasteiger partial charge on any atom is 0.133 e. The Morgan fingerprint density at radius 2 is 2.05 bits per heavy atom. The number of hydrogen-bond donors (Lipinski definition) is 0. The Morgan fingerprint density at radius 3 is 2.65 bits per heavy atom. The number of halogens is 2. The zero-order valence-corrected chi connectivity index (χ0v) is 14.5. The normalized spacial score (nSPS) is 12.4.